The third-order valence-corrected chi connectivity index (χ3v) is 4.62. The molecule has 36 heavy (non-hydrogen) atoms. The monoisotopic (exact) mass is 492 g/mol. The number of hydrogen-bond donors (Lipinski definition) is 1. The zero-order valence-electron chi connectivity index (χ0n) is 20.0. The van der Waals surface area contributed by atoms with Gasteiger partial charge in [-0.1, -0.05) is 12.1 Å². The zero-order valence-corrected chi connectivity index (χ0v) is 20.0. The molecule has 0 aliphatic carbocycles. The summed E-state index contributed by atoms with van der Waals surface area (Å²) < 4.78 is 2.71. The first-order chi connectivity index (χ1) is 17.1. The number of pyridine rings is 2. The van der Waals surface area contributed by atoms with Gasteiger partial charge >= 0.3 is 5.69 Å². The van der Waals surface area contributed by atoms with E-state index in [1.54, 1.807) is 50.8 Å². The van der Waals surface area contributed by atoms with Crippen molar-refractivity contribution in [1.29, 1.82) is 0 Å². The fourth-order valence-electron chi connectivity index (χ4n) is 2.84. The molecule has 14 heteroatoms. The van der Waals surface area contributed by atoms with E-state index in [2.05, 4.69) is 20.2 Å². The molecule has 0 saturated heterocycles. The van der Waals surface area contributed by atoms with Crippen LogP contribution in [0.4, 0.5) is 11.4 Å². The molecule has 0 fully saturated rings. The molecule has 0 radical (unpaired) electrons. The highest BCUT2D eigenvalue weighted by Gasteiger charge is 2.27. The van der Waals surface area contributed by atoms with Gasteiger partial charge in [0.05, 0.1) is 16.8 Å². The van der Waals surface area contributed by atoms with Gasteiger partial charge in [0.1, 0.15) is 6.20 Å². The molecule has 0 spiro atoms. The lowest BCUT2D eigenvalue weighted by atomic mass is 10.3. The molecular formula is C22H24N10O4. The Bertz CT molecular complexity index is 1360. The van der Waals surface area contributed by atoms with Crippen molar-refractivity contribution < 1.29 is 14.5 Å². The molecule has 0 aliphatic heterocycles. The van der Waals surface area contributed by atoms with Gasteiger partial charge in [-0.25, -0.2) is 19.3 Å². The van der Waals surface area contributed by atoms with Gasteiger partial charge in [0.25, 0.3) is 11.8 Å². The van der Waals surface area contributed by atoms with E-state index >= 15 is 0 Å². The topological polar surface area (TPSA) is 171 Å². The van der Waals surface area contributed by atoms with E-state index in [-0.39, 0.29) is 23.0 Å². The number of anilines is 1. The van der Waals surface area contributed by atoms with Crippen LogP contribution < -0.4 is 5.73 Å². The Morgan fingerprint density at radius 3 is 1.75 bits per heavy atom. The van der Waals surface area contributed by atoms with Crippen LogP contribution >= 0.6 is 0 Å². The third kappa shape index (κ3) is 5.67. The maximum atomic E-state index is 11.8. The molecule has 0 aromatic carbocycles. The highest BCUT2D eigenvalue weighted by molar-refractivity contribution is 5.97. The second-order valence-electron chi connectivity index (χ2n) is 7.72. The second-order valence-corrected chi connectivity index (χ2v) is 7.72. The summed E-state index contributed by atoms with van der Waals surface area (Å²) in [5.74, 6) is 0.277. The maximum absolute atomic E-state index is 11.8. The largest absolute Gasteiger partial charge is 0.396 e. The zero-order chi connectivity index (χ0) is 26.4. The lowest BCUT2D eigenvalue weighted by Gasteiger charge is -2.07. The van der Waals surface area contributed by atoms with Crippen molar-refractivity contribution in [2.75, 3.05) is 33.9 Å². The van der Waals surface area contributed by atoms with Gasteiger partial charge in [-0.05, 0) is 24.3 Å². The maximum Gasteiger partial charge on any atom is 0.320 e. The average molecular weight is 493 g/mol. The van der Waals surface area contributed by atoms with E-state index in [1.165, 1.54) is 45.7 Å². The molecule has 4 rings (SSSR count). The van der Waals surface area contributed by atoms with Crippen LogP contribution in [-0.2, 0) is 0 Å². The van der Waals surface area contributed by atoms with E-state index in [9.17, 15) is 19.7 Å². The minimum Gasteiger partial charge on any atom is -0.396 e. The van der Waals surface area contributed by atoms with Crippen LogP contribution in [0.2, 0.25) is 0 Å². The van der Waals surface area contributed by atoms with Gasteiger partial charge in [-0.15, -0.1) is 0 Å². The predicted molar refractivity (Wildman–Crippen MR) is 130 cm³/mol. The smallest absolute Gasteiger partial charge is 0.320 e. The quantitative estimate of drug-likeness (QED) is 0.319. The highest BCUT2D eigenvalue weighted by atomic mass is 16.6. The summed E-state index contributed by atoms with van der Waals surface area (Å²) in [5.41, 5.74) is 5.79. The van der Waals surface area contributed by atoms with Gasteiger partial charge in [0, 0.05) is 40.6 Å². The Hall–Kier alpha value is -5.14. The summed E-state index contributed by atoms with van der Waals surface area (Å²) in [4.78, 5) is 44.7. The molecule has 0 aliphatic rings. The molecule has 4 heterocycles. The van der Waals surface area contributed by atoms with Crippen molar-refractivity contribution in [1.82, 2.24) is 39.3 Å². The lowest BCUT2D eigenvalue weighted by molar-refractivity contribution is -0.385. The third-order valence-electron chi connectivity index (χ3n) is 4.62. The minimum atomic E-state index is -0.636. The van der Waals surface area contributed by atoms with Crippen molar-refractivity contribution in [3.05, 3.63) is 82.7 Å². The molecule has 0 saturated carbocycles. The minimum absolute atomic E-state index is 0.208. The number of nitro groups is 1. The SMILES string of the molecule is CN(C)C(=O)c1nn(-c2ccccn2)cc1N.CN(C)C(=O)c1nn(-c2ccccn2)cc1[N+](=O)[O-]. The van der Waals surface area contributed by atoms with Crippen LogP contribution in [0, 0.1) is 10.1 Å². The summed E-state index contributed by atoms with van der Waals surface area (Å²) in [6.45, 7) is 0. The number of nitrogens with zero attached hydrogens (tertiary/aromatic N) is 9. The fourth-order valence-corrected chi connectivity index (χ4v) is 2.84. The number of amides is 2. The van der Waals surface area contributed by atoms with Crippen molar-refractivity contribution in [3.8, 4) is 11.6 Å². The van der Waals surface area contributed by atoms with Crippen LogP contribution in [-0.4, -0.2) is 84.3 Å². The van der Waals surface area contributed by atoms with E-state index in [0.29, 0.717) is 17.3 Å². The first-order valence-corrected chi connectivity index (χ1v) is 10.5. The Morgan fingerprint density at radius 2 is 1.31 bits per heavy atom. The lowest BCUT2D eigenvalue weighted by Crippen LogP contribution is -2.23. The van der Waals surface area contributed by atoms with E-state index in [4.69, 9.17) is 5.73 Å². The molecule has 14 nitrogen and oxygen atoms in total. The molecule has 4 aromatic heterocycles. The first-order valence-electron chi connectivity index (χ1n) is 10.5. The second kappa shape index (κ2) is 10.9. The molecule has 186 valence electrons. The predicted octanol–water partition coefficient (Wildman–Crippen LogP) is 1.43. The van der Waals surface area contributed by atoms with Crippen LogP contribution in [0.5, 0.6) is 0 Å². The van der Waals surface area contributed by atoms with Crippen molar-refractivity contribution in [2.45, 2.75) is 0 Å². The fraction of sp³-hybridized carbons (Fsp3) is 0.182. The van der Waals surface area contributed by atoms with Crippen LogP contribution in [0.25, 0.3) is 11.6 Å². The summed E-state index contributed by atoms with van der Waals surface area (Å²) in [5, 5.41) is 19.0. The summed E-state index contributed by atoms with van der Waals surface area (Å²) >= 11 is 0. The molecule has 2 amide bonds. The number of hydrogen-bond acceptors (Lipinski definition) is 9. The van der Waals surface area contributed by atoms with Gasteiger partial charge in [-0.3, -0.25) is 19.7 Å². The summed E-state index contributed by atoms with van der Waals surface area (Å²) in [6.07, 6.45) is 5.95. The number of carbonyl (C=O) groups excluding carboxylic acids is 2. The Balaban J connectivity index is 0.000000202. The first kappa shape index (κ1) is 25.5. The van der Waals surface area contributed by atoms with Crippen LogP contribution in [0.3, 0.4) is 0 Å². The molecule has 0 unspecified atom stereocenters. The van der Waals surface area contributed by atoms with Crippen LogP contribution in [0.15, 0.2) is 61.2 Å². The van der Waals surface area contributed by atoms with Crippen molar-refractivity contribution in [2.24, 2.45) is 0 Å². The van der Waals surface area contributed by atoms with Gasteiger partial charge in [0.2, 0.25) is 5.69 Å². The Kier molecular flexibility index (Phi) is 7.69. The number of nitrogens with two attached hydrogens (primary N) is 1. The highest BCUT2D eigenvalue weighted by Crippen LogP contribution is 2.20. The number of nitrogen functional groups attached to an aromatic ring is 1. The van der Waals surface area contributed by atoms with E-state index in [1.807, 2.05) is 12.1 Å². The Morgan fingerprint density at radius 1 is 0.833 bits per heavy atom. The van der Waals surface area contributed by atoms with Crippen molar-refractivity contribution >= 4 is 23.2 Å². The van der Waals surface area contributed by atoms with E-state index < -0.39 is 10.8 Å². The molecular weight excluding hydrogens is 468 g/mol. The van der Waals surface area contributed by atoms with Crippen LogP contribution in [0.1, 0.15) is 21.0 Å². The Labute approximate surface area is 205 Å². The normalized spacial score (nSPS) is 10.2. The number of aromatic nitrogens is 6. The molecule has 2 N–H and O–H groups in total. The number of rotatable bonds is 5. The number of carbonyl (C=O) groups is 2. The summed E-state index contributed by atoms with van der Waals surface area (Å²) in [6, 6.07) is 10.5. The van der Waals surface area contributed by atoms with Crippen molar-refractivity contribution in [3.63, 3.8) is 0 Å². The van der Waals surface area contributed by atoms with Gasteiger partial charge < -0.3 is 15.5 Å². The van der Waals surface area contributed by atoms with Gasteiger partial charge in [0.15, 0.2) is 17.3 Å². The van der Waals surface area contributed by atoms with Gasteiger partial charge in [-0.2, -0.15) is 10.2 Å². The molecule has 4 aromatic rings. The molecule has 0 atom stereocenters. The average Bonchev–Trinajstić information content (AvgIpc) is 3.49. The van der Waals surface area contributed by atoms with E-state index in [0.717, 1.165) is 0 Å². The summed E-state index contributed by atoms with van der Waals surface area (Å²) in [7, 11) is 6.32. The standard InChI is InChI=1S/C11H11N5O3.C11H13N5O/c1-14(2)11(17)10-8(16(18)19)7-15(13-10)9-5-3-4-6-12-9;1-15(2)11(17)10-8(12)7-16(14-10)9-5-3-4-6-13-9/h3-7H,1-2H3;3-7H,12H2,1-2H3. The molecule has 0 bridgehead atoms.